The number of pyridine rings is 2. The van der Waals surface area contributed by atoms with Gasteiger partial charge in [0.2, 0.25) is 0 Å². The lowest BCUT2D eigenvalue weighted by Gasteiger charge is -2.20. The molecule has 0 amide bonds. The Hall–Kier alpha value is -4.12. The minimum absolute atomic E-state index is 0.271. The second-order valence-corrected chi connectivity index (χ2v) is 6.54. The molecule has 0 saturated heterocycles. The van der Waals surface area contributed by atoms with Crippen LogP contribution < -0.4 is 20.5 Å². The molecule has 0 aliphatic carbocycles. The molecule has 2 aromatic heterocycles. The third-order valence-electron chi connectivity index (χ3n) is 4.63. The van der Waals surface area contributed by atoms with Gasteiger partial charge >= 0.3 is 0 Å². The van der Waals surface area contributed by atoms with Gasteiger partial charge in [0.25, 0.3) is 0 Å². The van der Waals surface area contributed by atoms with Crippen molar-refractivity contribution in [2.45, 2.75) is 6.54 Å². The van der Waals surface area contributed by atoms with Gasteiger partial charge in [0, 0.05) is 30.6 Å². The second kappa shape index (κ2) is 8.49. The average molecular weight is 400 g/mol. The quantitative estimate of drug-likeness (QED) is 0.632. The first kappa shape index (κ1) is 19.2. The Morgan fingerprint density at radius 1 is 1.23 bits per heavy atom. The molecule has 0 spiro atoms. The number of hydrogen-bond donors (Lipinski definition) is 2. The fraction of sp³-hybridized carbons (Fsp3) is 0.182. The predicted molar refractivity (Wildman–Crippen MR) is 115 cm³/mol. The van der Waals surface area contributed by atoms with Crippen molar-refractivity contribution in [1.82, 2.24) is 9.97 Å². The smallest absolute Gasteiger partial charge is 0.161 e. The van der Waals surface area contributed by atoms with E-state index in [4.69, 9.17) is 15.2 Å². The van der Waals surface area contributed by atoms with E-state index in [0.29, 0.717) is 53.8 Å². The molecule has 30 heavy (non-hydrogen) atoms. The van der Waals surface area contributed by atoms with E-state index < -0.39 is 0 Å². The number of fused-ring (bicyclic) bond motifs is 1. The Labute approximate surface area is 174 Å². The third-order valence-corrected chi connectivity index (χ3v) is 4.63. The summed E-state index contributed by atoms with van der Waals surface area (Å²) < 4.78 is 11.3. The first-order valence-corrected chi connectivity index (χ1v) is 9.40. The summed E-state index contributed by atoms with van der Waals surface area (Å²) in [5.74, 6) is 1.96. The van der Waals surface area contributed by atoms with Crippen molar-refractivity contribution in [2.75, 3.05) is 31.3 Å². The number of ether oxygens (including phenoxy) is 2. The fourth-order valence-electron chi connectivity index (χ4n) is 3.29. The molecule has 150 valence electrons. The first-order chi connectivity index (χ1) is 14.7. The summed E-state index contributed by atoms with van der Waals surface area (Å²) >= 11 is 0. The SMILES string of the molecule is CN=Cc1c(N)nc(NCc2ccccn2)c(C#N)c1-c1ccc2c(c1)OCCO2. The van der Waals surface area contributed by atoms with Crippen LogP contribution in [0.3, 0.4) is 0 Å². The van der Waals surface area contributed by atoms with Crippen molar-refractivity contribution in [2.24, 2.45) is 4.99 Å². The highest BCUT2D eigenvalue weighted by Crippen LogP contribution is 2.39. The van der Waals surface area contributed by atoms with E-state index in [9.17, 15) is 5.26 Å². The molecule has 4 rings (SSSR count). The van der Waals surface area contributed by atoms with Crippen LogP contribution in [0.15, 0.2) is 47.6 Å². The number of nitrogens with one attached hydrogen (secondary N) is 1. The number of aliphatic imine (C=N–C) groups is 1. The Morgan fingerprint density at radius 2 is 2.07 bits per heavy atom. The molecular weight excluding hydrogens is 380 g/mol. The highest BCUT2D eigenvalue weighted by atomic mass is 16.6. The van der Waals surface area contributed by atoms with Gasteiger partial charge in [-0.25, -0.2) is 4.98 Å². The van der Waals surface area contributed by atoms with Gasteiger partial charge in [0.1, 0.15) is 36.5 Å². The maximum atomic E-state index is 9.99. The van der Waals surface area contributed by atoms with Crippen LogP contribution in [0.1, 0.15) is 16.8 Å². The summed E-state index contributed by atoms with van der Waals surface area (Å²) in [6.07, 6.45) is 3.32. The van der Waals surface area contributed by atoms with E-state index in [1.165, 1.54) is 0 Å². The molecule has 0 fully saturated rings. The number of nitrogen functional groups attached to an aromatic ring is 1. The maximum Gasteiger partial charge on any atom is 0.161 e. The zero-order chi connectivity index (χ0) is 20.9. The number of anilines is 2. The van der Waals surface area contributed by atoms with Crippen LogP contribution in [-0.4, -0.2) is 36.4 Å². The van der Waals surface area contributed by atoms with Crippen molar-refractivity contribution in [1.29, 1.82) is 5.26 Å². The second-order valence-electron chi connectivity index (χ2n) is 6.54. The Morgan fingerprint density at radius 3 is 2.80 bits per heavy atom. The van der Waals surface area contributed by atoms with Crippen molar-refractivity contribution in [3.05, 3.63) is 59.4 Å². The summed E-state index contributed by atoms with van der Waals surface area (Å²) in [6, 6.07) is 13.5. The minimum atomic E-state index is 0.271. The number of rotatable bonds is 5. The molecule has 0 unspecified atom stereocenters. The topological polar surface area (TPSA) is 118 Å². The van der Waals surface area contributed by atoms with Crippen molar-refractivity contribution in [3.8, 4) is 28.7 Å². The van der Waals surface area contributed by atoms with E-state index >= 15 is 0 Å². The highest BCUT2D eigenvalue weighted by molar-refractivity contribution is 5.99. The molecule has 0 saturated carbocycles. The summed E-state index contributed by atoms with van der Waals surface area (Å²) in [5, 5.41) is 13.2. The molecule has 3 heterocycles. The van der Waals surface area contributed by atoms with Crippen LogP contribution in [0, 0.1) is 11.3 Å². The molecule has 8 heteroatoms. The number of benzene rings is 1. The van der Waals surface area contributed by atoms with E-state index in [1.807, 2.05) is 36.4 Å². The van der Waals surface area contributed by atoms with Crippen molar-refractivity contribution < 1.29 is 9.47 Å². The van der Waals surface area contributed by atoms with Crippen LogP contribution >= 0.6 is 0 Å². The number of nitrogens with two attached hydrogens (primary N) is 1. The van der Waals surface area contributed by atoms with E-state index in [1.54, 1.807) is 19.5 Å². The van der Waals surface area contributed by atoms with Crippen molar-refractivity contribution >= 4 is 17.9 Å². The normalized spacial score (nSPS) is 12.5. The molecular formula is C22H20N6O2. The maximum absolute atomic E-state index is 9.99. The van der Waals surface area contributed by atoms with Crippen molar-refractivity contribution in [3.63, 3.8) is 0 Å². The van der Waals surface area contributed by atoms with Gasteiger partial charge in [-0.3, -0.25) is 9.98 Å². The lowest BCUT2D eigenvalue weighted by atomic mass is 9.95. The molecule has 0 bridgehead atoms. The Balaban J connectivity index is 1.83. The lowest BCUT2D eigenvalue weighted by molar-refractivity contribution is 0.171. The number of hydrogen-bond acceptors (Lipinski definition) is 8. The largest absolute Gasteiger partial charge is 0.486 e. The van der Waals surface area contributed by atoms with Crippen LogP contribution in [0.5, 0.6) is 11.5 Å². The molecule has 3 N–H and O–H groups in total. The lowest BCUT2D eigenvalue weighted by Crippen LogP contribution is -2.15. The average Bonchev–Trinajstić information content (AvgIpc) is 2.79. The standard InChI is InChI=1S/C22H20N6O2/c1-25-13-17-20(14-5-6-18-19(10-14)30-9-8-29-18)16(11-23)22(28-21(17)24)27-12-15-4-2-3-7-26-15/h2-7,10,13H,8-9,12H2,1H3,(H3,24,27,28). The van der Waals surface area contributed by atoms with Gasteiger partial charge in [-0.1, -0.05) is 12.1 Å². The van der Waals surface area contributed by atoms with Gasteiger partial charge in [-0.15, -0.1) is 0 Å². The monoisotopic (exact) mass is 400 g/mol. The summed E-state index contributed by atoms with van der Waals surface area (Å²) in [6.45, 7) is 1.39. The first-order valence-electron chi connectivity index (χ1n) is 9.40. The summed E-state index contributed by atoms with van der Waals surface area (Å²) in [5.41, 5.74) is 9.42. The van der Waals surface area contributed by atoms with Gasteiger partial charge < -0.3 is 20.5 Å². The molecule has 0 radical (unpaired) electrons. The van der Waals surface area contributed by atoms with Crippen LogP contribution in [0.2, 0.25) is 0 Å². The zero-order valence-corrected chi connectivity index (χ0v) is 16.4. The van der Waals surface area contributed by atoms with Gasteiger partial charge in [-0.05, 0) is 29.8 Å². The Bertz CT molecular complexity index is 1140. The molecule has 1 aliphatic rings. The molecule has 0 atom stereocenters. The zero-order valence-electron chi connectivity index (χ0n) is 16.4. The number of nitrogens with zero attached hydrogens (tertiary/aromatic N) is 4. The number of nitriles is 1. The van der Waals surface area contributed by atoms with Crippen LogP contribution in [0.4, 0.5) is 11.6 Å². The Kier molecular flexibility index (Phi) is 5.44. The number of aromatic nitrogens is 2. The van der Waals surface area contributed by atoms with E-state index in [2.05, 4.69) is 26.3 Å². The summed E-state index contributed by atoms with van der Waals surface area (Å²) in [7, 11) is 1.65. The van der Waals surface area contributed by atoms with E-state index in [-0.39, 0.29) is 5.82 Å². The molecule has 1 aliphatic heterocycles. The third kappa shape index (κ3) is 3.73. The summed E-state index contributed by atoms with van der Waals surface area (Å²) in [4.78, 5) is 12.8. The molecule has 1 aromatic carbocycles. The fourth-order valence-corrected chi connectivity index (χ4v) is 3.29. The van der Waals surface area contributed by atoms with E-state index in [0.717, 1.165) is 11.3 Å². The molecule has 8 nitrogen and oxygen atoms in total. The minimum Gasteiger partial charge on any atom is -0.486 e. The van der Waals surface area contributed by atoms with Gasteiger partial charge in [0.05, 0.1) is 12.2 Å². The highest BCUT2D eigenvalue weighted by Gasteiger charge is 2.21. The van der Waals surface area contributed by atoms with Gasteiger partial charge in [0.15, 0.2) is 11.5 Å². The molecule has 3 aromatic rings. The predicted octanol–water partition coefficient (Wildman–Crippen LogP) is 3.03. The van der Waals surface area contributed by atoms with Crippen LogP contribution in [-0.2, 0) is 6.54 Å². The van der Waals surface area contributed by atoms with Gasteiger partial charge in [-0.2, -0.15) is 5.26 Å². The van der Waals surface area contributed by atoms with Crippen LogP contribution in [0.25, 0.3) is 11.1 Å².